The van der Waals surface area contributed by atoms with Crippen molar-refractivity contribution in [2.75, 3.05) is 0 Å². The molecule has 0 rings (SSSR count). The molecule has 0 aliphatic heterocycles. The van der Waals surface area contributed by atoms with Crippen LogP contribution in [0.4, 0.5) is 0 Å². The maximum atomic E-state index is 2.32. The van der Waals surface area contributed by atoms with Crippen molar-refractivity contribution in [3.63, 3.8) is 0 Å². The third-order valence-electron chi connectivity index (χ3n) is 1.75. The smallest absolute Gasteiger partial charge is 0.0351 e. The lowest BCUT2D eigenvalue weighted by atomic mass is 10.2. The predicted octanol–water partition coefficient (Wildman–Crippen LogP) is 4.13. The third-order valence-corrected chi connectivity index (χ3v) is 1.75. The summed E-state index contributed by atoms with van der Waals surface area (Å²) in [6.07, 6.45) is 14.6. The molecular formula is C11H21. The van der Waals surface area contributed by atoms with E-state index < -0.39 is 0 Å². The quantitative estimate of drug-likeness (QED) is 0.381. The van der Waals surface area contributed by atoms with Gasteiger partial charge in [-0.25, -0.2) is 0 Å². The van der Waals surface area contributed by atoms with Gasteiger partial charge in [0.1, 0.15) is 0 Å². The van der Waals surface area contributed by atoms with E-state index in [0.29, 0.717) is 0 Å². The van der Waals surface area contributed by atoms with Gasteiger partial charge in [-0.05, 0) is 25.7 Å². The van der Waals surface area contributed by atoms with Crippen LogP contribution >= 0.6 is 0 Å². The fourth-order valence-electron chi connectivity index (χ4n) is 0.998. The average molecular weight is 153 g/mol. The highest BCUT2D eigenvalue weighted by Crippen LogP contribution is 2.01. The molecule has 0 bridgehead atoms. The Morgan fingerprint density at radius 1 is 0.909 bits per heavy atom. The Bertz CT molecular complexity index is 82.0. The van der Waals surface area contributed by atoms with E-state index in [2.05, 4.69) is 32.4 Å². The molecule has 1 radical (unpaired) electrons. The number of rotatable bonds is 7. The summed E-state index contributed by atoms with van der Waals surface area (Å²) in [5.74, 6) is 0. The van der Waals surface area contributed by atoms with E-state index >= 15 is 0 Å². The molecular weight excluding hydrogens is 132 g/mol. The lowest BCUT2D eigenvalue weighted by Gasteiger charge is -1.91. The molecule has 0 heterocycles. The van der Waals surface area contributed by atoms with Gasteiger partial charge in [-0.2, -0.15) is 0 Å². The Balaban J connectivity index is 2.91. The molecule has 0 nitrogen and oxygen atoms in total. The highest BCUT2D eigenvalue weighted by molar-refractivity contribution is 4.81. The van der Waals surface area contributed by atoms with E-state index in [4.69, 9.17) is 0 Å². The first-order valence-electron chi connectivity index (χ1n) is 4.84. The maximum absolute atomic E-state index is 2.32. The lowest BCUT2D eigenvalue weighted by Crippen LogP contribution is -1.72. The van der Waals surface area contributed by atoms with E-state index in [1.54, 1.807) is 0 Å². The summed E-state index contributed by atoms with van der Waals surface area (Å²) in [7, 11) is 0. The van der Waals surface area contributed by atoms with Crippen molar-refractivity contribution in [3.05, 3.63) is 18.6 Å². The highest BCUT2D eigenvalue weighted by Gasteiger charge is 1.81. The van der Waals surface area contributed by atoms with Crippen LogP contribution in [0, 0.1) is 6.42 Å². The first-order valence-corrected chi connectivity index (χ1v) is 4.84. The van der Waals surface area contributed by atoms with Crippen molar-refractivity contribution in [2.24, 2.45) is 0 Å². The third kappa shape index (κ3) is 9.74. The molecule has 0 spiro atoms. The van der Waals surface area contributed by atoms with E-state index in [9.17, 15) is 0 Å². The van der Waals surface area contributed by atoms with Crippen molar-refractivity contribution >= 4 is 0 Å². The summed E-state index contributed by atoms with van der Waals surface area (Å²) in [6, 6.07) is 0. The lowest BCUT2D eigenvalue weighted by molar-refractivity contribution is 0.798. The fourth-order valence-corrected chi connectivity index (χ4v) is 0.998. The summed E-state index contributed by atoms with van der Waals surface area (Å²) >= 11 is 0. The van der Waals surface area contributed by atoms with Crippen molar-refractivity contribution in [1.29, 1.82) is 0 Å². The van der Waals surface area contributed by atoms with Gasteiger partial charge in [0, 0.05) is 0 Å². The molecule has 65 valence electrons. The van der Waals surface area contributed by atoms with E-state index in [1.165, 1.54) is 38.5 Å². The van der Waals surface area contributed by atoms with Gasteiger partial charge in [0.2, 0.25) is 0 Å². The zero-order chi connectivity index (χ0) is 8.36. The number of hydrogen-bond acceptors (Lipinski definition) is 0. The highest BCUT2D eigenvalue weighted by atomic mass is 13.9. The Hall–Kier alpha value is -0.260. The predicted molar refractivity (Wildman–Crippen MR) is 52.5 cm³/mol. The normalized spacial score (nSPS) is 11.1. The van der Waals surface area contributed by atoms with Crippen LogP contribution < -0.4 is 0 Å². The second-order valence-corrected chi connectivity index (χ2v) is 2.95. The molecule has 0 aliphatic rings. The molecule has 0 amide bonds. The number of allylic oxidation sites excluding steroid dienone is 2. The summed E-state index contributed by atoms with van der Waals surface area (Å²) in [4.78, 5) is 0. The summed E-state index contributed by atoms with van der Waals surface area (Å²) in [5, 5.41) is 0. The van der Waals surface area contributed by atoms with Crippen LogP contribution in [0.3, 0.4) is 0 Å². The van der Waals surface area contributed by atoms with Crippen molar-refractivity contribution in [2.45, 2.75) is 52.4 Å². The molecule has 0 unspecified atom stereocenters. The summed E-state index contributed by atoms with van der Waals surface area (Å²) < 4.78 is 0. The van der Waals surface area contributed by atoms with Gasteiger partial charge >= 0.3 is 0 Å². The molecule has 0 N–H and O–H groups in total. The molecule has 0 saturated carbocycles. The standard InChI is InChI=1S/C11H21/c1-3-5-7-9-11-10-8-6-4-2/h3,10-11H,4-9H2,1-2H3. The molecule has 0 aromatic heterocycles. The van der Waals surface area contributed by atoms with Crippen molar-refractivity contribution in [3.8, 4) is 0 Å². The molecule has 0 fully saturated rings. The van der Waals surface area contributed by atoms with Gasteiger partial charge in [-0.3, -0.25) is 0 Å². The minimum Gasteiger partial charge on any atom is -0.0885 e. The molecule has 0 aromatic carbocycles. The monoisotopic (exact) mass is 153 g/mol. The Morgan fingerprint density at radius 3 is 2.09 bits per heavy atom. The van der Waals surface area contributed by atoms with Crippen LogP contribution in [0.5, 0.6) is 0 Å². The average Bonchev–Trinajstić information content (AvgIpc) is 2.03. The second kappa shape index (κ2) is 9.74. The minimum absolute atomic E-state index is 1.26. The van der Waals surface area contributed by atoms with Gasteiger partial charge in [-0.15, -0.1) is 0 Å². The first kappa shape index (κ1) is 10.7. The van der Waals surface area contributed by atoms with E-state index in [-0.39, 0.29) is 0 Å². The zero-order valence-corrected chi connectivity index (χ0v) is 7.97. The van der Waals surface area contributed by atoms with Crippen LogP contribution in [-0.2, 0) is 0 Å². The summed E-state index contributed by atoms with van der Waals surface area (Å²) in [5.41, 5.74) is 0. The Morgan fingerprint density at radius 2 is 1.55 bits per heavy atom. The van der Waals surface area contributed by atoms with Crippen LogP contribution in [0.2, 0.25) is 0 Å². The number of unbranched alkanes of at least 4 members (excludes halogenated alkanes) is 5. The molecule has 11 heavy (non-hydrogen) atoms. The van der Waals surface area contributed by atoms with E-state index in [0.717, 1.165) is 0 Å². The fraction of sp³-hybridized carbons (Fsp3) is 0.727. The molecule has 0 saturated heterocycles. The van der Waals surface area contributed by atoms with Crippen LogP contribution in [0.15, 0.2) is 12.2 Å². The van der Waals surface area contributed by atoms with Crippen LogP contribution in [0.25, 0.3) is 0 Å². The van der Waals surface area contributed by atoms with Gasteiger partial charge < -0.3 is 0 Å². The zero-order valence-electron chi connectivity index (χ0n) is 7.97. The van der Waals surface area contributed by atoms with Gasteiger partial charge in [0.05, 0.1) is 0 Å². The molecule has 0 heteroatoms. The summed E-state index contributed by atoms with van der Waals surface area (Å²) in [6.45, 7) is 4.36. The van der Waals surface area contributed by atoms with Crippen molar-refractivity contribution < 1.29 is 0 Å². The van der Waals surface area contributed by atoms with Gasteiger partial charge in [-0.1, -0.05) is 45.3 Å². The number of hydrogen-bond donors (Lipinski definition) is 0. The first-order chi connectivity index (χ1) is 5.41. The Labute approximate surface area is 71.7 Å². The van der Waals surface area contributed by atoms with Gasteiger partial charge in [0.25, 0.3) is 0 Å². The molecule has 0 atom stereocenters. The second-order valence-electron chi connectivity index (χ2n) is 2.95. The van der Waals surface area contributed by atoms with Crippen LogP contribution in [0.1, 0.15) is 52.4 Å². The largest absolute Gasteiger partial charge is 0.0885 e. The molecule has 0 aromatic rings. The van der Waals surface area contributed by atoms with E-state index in [1.807, 2.05) is 0 Å². The van der Waals surface area contributed by atoms with Gasteiger partial charge in [0.15, 0.2) is 0 Å². The van der Waals surface area contributed by atoms with Crippen molar-refractivity contribution in [1.82, 2.24) is 0 Å². The topological polar surface area (TPSA) is 0 Å². The Kier molecular flexibility index (Phi) is 9.51. The molecule has 0 aliphatic carbocycles. The van der Waals surface area contributed by atoms with Crippen LogP contribution in [-0.4, -0.2) is 0 Å². The maximum Gasteiger partial charge on any atom is -0.0351 e. The minimum atomic E-state index is 1.26. The SMILES string of the molecule is C[CH]CCCC=CCCCC.